The van der Waals surface area contributed by atoms with Crippen LogP contribution in [0.25, 0.3) is 0 Å². The number of hydrogen-bond donors (Lipinski definition) is 0. The molecule has 4 nitrogen and oxygen atoms in total. The van der Waals surface area contributed by atoms with Crippen molar-refractivity contribution in [1.82, 2.24) is 4.98 Å². The minimum absolute atomic E-state index is 0.164. The summed E-state index contributed by atoms with van der Waals surface area (Å²) >= 11 is 4.88. The zero-order valence-electron chi connectivity index (χ0n) is 10.3. The number of hydrogen-bond acceptors (Lipinski definition) is 4. The molecule has 1 rings (SSSR count). The highest BCUT2D eigenvalue weighted by Gasteiger charge is 2.33. The van der Waals surface area contributed by atoms with Gasteiger partial charge in [0.15, 0.2) is 0 Å². The van der Waals surface area contributed by atoms with E-state index in [9.17, 15) is 18.0 Å². The fourth-order valence-electron chi connectivity index (χ4n) is 1.34. The van der Waals surface area contributed by atoms with E-state index in [4.69, 9.17) is 4.74 Å². The van der Waals surface area contributed by atoms with E-state index in [1.54, 1.807) is 29.5 Å². The first-order chi connectivity index (χ1) is 9.26. The topological polar surface area (TPSA) is 48.4 Å². The average molecular weight is 468 g/mol. The Balaban J connectivity index is 3.08. The second-order valence-electron chi connectivity index (χ2n) is 3.56. The van der Waals surface area contributed by atoms with Crippen molar-refractivity contribution in [3.63, 3.8) is 0 Å². The maximum Gasteiger partial charge on any atom is 0.574 e. The summed E-state index contributed by atoms with van der Waals surface area (Å²) in [4.78, 5) is 15.1. The van der Waals surface area contributed by atoms with E-state index in [1.807, 2.05) is 0 Å². The SMILES string of the molecule is CCOC(=O)Cc1cc(CBr)c(I)c(OC(F)(F)F)n1. The highest BCUT2D eigenvalue weighted by molar-refractivity contribution is 14.1. The van der Waals surface area contributed by atoms with Gasteiger partial charge in [0, 0.05) is 5.33 Å². The molecule has 0 fully saturated rings. The molecule has 0 atom stereocenters. The third-order valence-corrected chi connectivity index (χ3v) is 3.80. The van der Waals surface area contributed by atoms with Gasteiger partial charge >= 0.3 is 12.3 Å². The molecule has 0 bridgehead atoms. The second-order valence-corrected chi connectivity index (χ2v) is 5.19. The molecule has 0 N–H and O–H groups in total. The van der Waals surface area contributed by atoms with Crippen LogP contribution in [-0.4, -0.2) is 23.9 Å². The molecule has 0 radical (unpaired) electrons. The van der Waals surface area contributed by atoms with E-state index in [-0.39, 0.29) is 22.3 Å². The quantitative estimate of drug-likeness (QED) is 0.377. The van der Waals surface area contributed by atoms with Crippen molar-refractivity contribution in [1.29, 1.82) is 0 Å². The molecule has 0 spiro atoms. The van der Waals surface area contributed by atoms with E-state index in [1.165, 1.54) is 6.07 Å². The van der Waals surface area contributed by atoms with Gasteiger partial charge in [0.1, 0.15) is 0 Å². The molecule has 1 aromatic heterocycles. The summed E-state index contributed by atoms with van der Waals surface area (Å²) in [5, 5.41) is 0.317. The highest BCUT2D eigenvalue weighted by Crippen LogP contribution is 2.30. The molecule has 0 unspecified atom stereocenters. The van der Waals surface area contributed by atoms with Gasteiger partial charge in [-0.3, -0.25) is 4.79 Å². The minimum Gasteiger partial charge on any atom is -0.466 e. The Bertz CT molecular complexity index is 497. The van der Waals surface area contributed by atoms with Crippen molar-refractivity contribution in [2.75, 3.05) is 6.61 Å². The lowest BCUT2D eigenvalue weighted by Gasteiger charge is -2.13. The molecule has 112 valence electrons. The van der Waals surface area contributed by atoms with Gasteiger partial charge in [-0.25, -0.2) is 4.98 Å². The number of ether oxygens (including phenoxy) is 2. The maximum atomic E-state index is 12.3. The number of carbonyl (C=O) groups excluding carboxylic acids is 1. The number of alkyl halides is 4. The lowest BCUT2D eigenvalue weighted by atomic mass is 10.2. The number of carbonyl (C=O) groups is 1. The second kappa shape index (κ2) is 7.43. The van der Waals surface area contributed by atoms with Crippen molar-refractivity contribution in [2.45, 2.75) is 25.0 Å². The van der Waals surface area contributed by atoms with Crippen LogP contribution in [0.5, 0.6) is 5.88 Å². The number of aromatic nitrogens is 1. The molecule has 0 aromatic carbocycles. The fourth-order valence-corrected chi connectivity index (χ4v) is 2.88. The van der Waals surface area contributed by atoms with Crippen LogP contribution in [0.1, 0.15) is 18.2 Å². The highest BCUT2D eigenvalue weighted by atomic mass is 127. The Kier molecular flexibility index (Phi) is 6.49. The molecule has 20 heavy (non-hydrogen) atoms. The van der Waals surface area contributed by atoms with Gasteiger partial charge < -0.3 is 9.47 Å². The summed E-state index contributed by atoms with van der Waals surface area (Å²) in [7, 11) is 0. The van der Waals surface area contributed by atoms with Gasteiger partial charge in [-0.05, 0) is 41.1 Å². The standard InChI is InChI=1S/C11H10BrF3INO3/c1-2-19-8(18)4-7-3-6(5-12)9(16)10(17-7)20-11(13,14)15/h3H,2,4-5H2,1H3. The first-order valence-electron chi connectivity index (χ1n) is 5.42. The van der Waals surface area contributed by atoms with Crippen molar-refractivity contribution in [3.8, 4) is 5.88 Å². The molecule has 1 heterocycles. The largest absolute Gasteiger partial charge is 0.574 e. The van der Waals surface area contributed by atoms with Crippen LogP contribution < -0.4 is 4.74 Å². The summed E-state index contributed by atoms with van der Waals surface area (Å²) in [6.45, 7) is 1.84. The van der Waals surface area contributed by atoms with E-state index in [2.05, 4.69) is 25.7 Å². The molecule has 0 saturated heterocycles. The summed E-state index contributed by atoms with van der Waals surface area (Å²) in [5.74, 6) is -1.12. The summed E-state index contributed by atoms with van der Waals surface area (Å²) in [6.07, 6.45) is -5.04. The number of esters is 1. The van der Waals surface area contributed by atoms with Crippen LogP contribution in [0.4, 0.5) is 13.2 Å². The van der Waals surface area contributed by atoms with Crippen molar-refractivity contribution >= 4 is 44.5 Å². The number of nitrogens with zero attached hydrogens (tertiary/aromatic N) is 1. The minimum atomic E-state index is -4.83. The van der Waals surface area contributed by atoms with Gasteiger partial charge in [-0.15, -0.1) is 13.2 Å². The van der Waals surface area contributed by atoms with Crippen molar-refractivity contribution in [3.05, 3.63) is 20.9 Å². The lowest BCUT2D eigenvalue weighted by molar-refractivity contribution is -0.276. The first kappa shape index (κ1) is 17.5. The molecule has 0 aliphatic rings. The average Bonchev–Trinajstić information content (AvgIpc) is 2.31. The van der Waals surface area contributed by atoms with E-state index >= 15 is 0 Å². The monoisotopic (exact) mass is 467 g/mol. The Morgan fingerprint density at radius 3 is 2.65 bits per heavy atom. The predicted octanol–water partition coefficient (Wildman–Crippen LogP) is 3.59. The molecule has 0 aliphatic heterocycles. The third kappa shape index (κ3) is 5.43. The number of pyridine rings is 1. The smallest absolute Gasteiger partial charge is 0.466 e. The normalized spacial score (nSPS) is 11.3. The molecule has 0 aliphatic carbocycles. The Hall–Kier alpha value is -0.580. The lowest BCUT2D eigenvalue weighted by Crippen LogP contribution is -2.20. The zero-order chi connectivity index (χ0) is 15.3. The number of rotatable bonds is 5. The van der Waals surface area contributed by atoms with Crippen LogP contribution in [0.2, 0.25) is 0 Å². The summed E-state index contributed by atoms with van der Waals surface area (Å²) in [5.41, 5.74) is 0.719. The molecule has 9 heteroatoms. The number of halogens is 5. The van der Waals surface area contributed by atoms with Crippen molar-refractivity contribution in [2.24, 2.45) is 0 Å². The fraction of sp³-hybridized carbons (Fsp3) is 0.455. The molecular formula is C11H10BrF3INO3. The van der Waals surface area contributed by atoms with Gasteiger partial charge in [0.2, 0.25) is 5.88 Å². The van der Waals surface area contributed by atoms with E-state index in [0.29, 0.717) is 10.9 Å². The van der Waals surface area contributed by atoms with E-state index in [0.717, 1.165) is 0 Å². The molecular weight excluding hydrogens is 458 g/mol. The van der Waals surface area contributed by atoms with Crippen LogP contribution >= 0.6 is 38.5 Å². The van der Waals surface area contributed by atoms with Crippen LogP contribution in [-0.2, 0) is 21.3 Å². The summed E-state index contributed by atoms with van der Waals surface area (Å²) in [6, 6.07) is 1.54. The third-order valence-electron chi connectivity index (χ3n) is 2.04. The summed E-state index contributed by atoms with van der Waals surface area (Å²) < 4.78 is 45.7. The predicted molar refractivity (Wildman–Crippen MR) is 76.6 cm³/mol. The first-order valence-corrected chi connectivity index (χ1v) is 7.62. The molecule has 1 aromatic rings. The molecule has 0 saturated carbocycles. The zero-order valence-corrected chi connectivity index (χ0v) is 14.0. The van der Waals surface area contributed by atoms with Crippen molar-refractivity contribution < 1.29 is 27.4 Å². The van der Waals surface area contributed by atoms with Gasteiger partial charge in [-0.2, -0.15) is 0 Å². The van der Waals surface area contributed by atoms with Crippen LogP contribution in [0, 0.1) is 3.57 Å². The Morgan fingerprint density at radius 2 is 2.15 bits per heavy atom. The van der Waals surface area contributed by atoms with E-state index < -0.39 is 18.2 Å². The van der Waals surface area contributed by atoms with Crippen LogP contribution in [0.15, 0.2) is 6.07 Å². The van der Waals surface area contributed by atoms with Gasteiger partial charge in [0.05, 0.1) is 22.3 Å². The maximum absolute atomic E-state index is 12.3. The van der Waals surface area contributed by atoms with Gasteiger partial charge in [-0.1, -0.05) is 15.9 Å². The Labute approximate surface area is 135 Å². The molecule has 0 amide bonds. The van der Waals surface area contributed by atoms with Gasteiger partial charge in [0.25, 0.3) is 0 Å². The Morgan fingerprint density at radius 1 is 1.50 bits per heavy atom. The van der Waals surface area contributed by atoms with Crippen LogP contribution in [0.3, 0.4) is 0 Å².